The molecular weight excluding hydrogens is 193 g/mol. The summed E-state index contributed by atoms with van der Waals surface area (Å²) in [5, 5.41) is 9.44. The molecular formula is C12H18FNO. The Morgan fingerprint density at radius 3 is 2.47 bits per heavy atom. The van der Waals surface area contributed by atoms with E-state index in [1.165, 1.54) is 6.07 Å². The molecule has 0 saturated heterocycles. The van der Waals surface area contributed by atoms with E-state index in [9.17, 15) is 9.50 Å². The monoisotopic (exact) mass is 211 g/mol. The molecule has 0 amide bonds. The van der Waals surface area contributed by atoms with Crippen molar-refractivity contribution in [2.45, 2.75) is 31.1 Å². The first-order valence-electron chi connectivity index (χ1n) is 5.14. The van der Waals surface area contributed by atoms with Crippen LogP contribution in [0.1, 0.15) is 31.2 Å². The van der Waals surface area contributed by atoms with Gasteiger partial charge in [0.05, 0.1) is 6.61 Å². The topological polar surface area (TPSA) is 55.2 Å². The highest BCUT2D eigenvalue weighted by molar-refractivity contribution is 5.27. The van der Waals surface area contributed by atoms with Crippen LogP contribution >= 0.6 is 0 Å². The fourth-order valence-corrected chi connectivity index (χ4v) is 2.41. The average Bonchev–Trinajstić information content (AvgIpc) is 2.67. The van der Waals surface area contributed by atoms with Gasteiger partial charge in [-0.2, -0.15) is 0 Å². The molecule has 1 aliphatic carbocycles. The average molecular weight is 211 g/mol. The van der Waals surface area contributed by atoms with E-state index in [4.69, 9.17) is 0 Å². The van der Waals surface area contributed by atoms with Crippen molar-refractivity contribution in [1.29, 1.82) is 0 Å². The van der Waals surface area contributed by atoms with Crippen LogP contribution < -0.4 is 6.15 Å². The highest BCUT2D eigenvalue weighted by Crippen LogP contribution is 2.40. The SMILES string of the molecule is N.OCC1(c2cccc(F)c2)CCCC1. The Morgan fingerprint density at radius 1 is 1.27 bits per heavy atom. The normalized spacial score (nSPS) is 18.5. The lowest BCUT2D eigenvalue weighted by Crippen LogP contribution is -2.26. The zero-order valence-electron chi connectivity index (χ0n) is 8.88. The maximum atomic E-state index is 13.0. The predicted octanol–water partition coefficient (Wildman–Crippen LogP) is 2.79. The van der Waals surface area contributed by atoms with Gasteiger partial charge in [-0.15, -0.1) is 0 Å². The molecule has 0 radical (unpaired) electrons. The summed E-state index contributed by atoms with van der Waals surface area (Å²) in [6.45, 7) is 0.135. The minimum atomic E-state index is -0.206. The third kappa shape index (κ3) is 2.19. The van der Waals surface area contributed by atoms with Gasteiger partial charge in [-0.3, -0.25) is 0 Å². The summed E-state index contributed by atoms with van der Waals surface area (Å²) in [6, 6.07) is 6.65. The zero-order chi connectivity index (χ0) is 10.0. The highest BCUT2D eigenvalue weighted by atomic mass is 19.1. The second kappa shape index (κ2) is 4.73. The van der Waals surface area contributed by atoms with E-state index in [2.05, 4.69) is 0 Å². The molecule has 2 rings (SSSR count). The van der Waals surface area contributed by atoms with Gasteiger partial charge in [-0.25, -0.2) is 4.39 Å². The molecule has 0 aliphatic heterocycles. The molecule has 0 atom stereocenters. The van der Waals surface area contributed by atoms with Gasteiger partial charge in [0.15, 0.2) is 0 Å². The molecule has 1 aromatic rings. The Bertz CT molecular complexity index is 321. The lowest BCUT2D eigenvalue weighted by Gasteiger charge is -2.26. The third-order valence-electron chi connectivity index (χ3n) is 3.30. The summed E-state index contributed by atoms with van der Waals surface area (Å²) in [6.07, 6.45) is 4.23. The van der Waals surface area contributed by atoms with Crippen molar-refractivity contribution in [3.8, 4) is 0 Å². The van der Waals surface area contributed by atoms with Crippen molar-refractivity contribution in [1.82, 2.24) is 6.15 Å². The molecule has 1 saturated carbocycles. The Labute approximate surface area is 89.7 Å². The summed E-state index contributed by atoms with van der Waals surface area (Å²) in [7, 11) is 0. The van der Waals surface area contributed by atoms with Crippen LogP contribution in [0.2, 0.25) is 0 Å². The zero-order valence-corrected chi connectivity index (χ0v) is 8.88. The van der Waals surface area contributed by atoms with Gasteiger partial charge in [-0.1, -0.05) is 25.0 Å². The second-order valence-electron chi connectivity index (χ2n) is 4.16. The van der Waals surface area contributed by atoms with Gasteiger partial charge >= 0.3 is 0 Å². The summed E-state index contributed by atoms with van der Waals surface area (Å²) < 4.78 is 13.0. The molecule has 2 nitrogen and oxygen atoms in total. The summed E-state index contributed by atoms with van der Waals surface area (Å²) in [4.78, 5) is 0. The molecule has 1 aliphatic rings. The fraction of sp³-hybridized carbons (Fsp3) is 0.500. The summed E-state index contributed by atoms with van der Waals surface area (Å²) >= 11 is 0. The van der Waals surface area contributed by atoms with Gasteiger partial charge in [0.25, 0.3) is 0 Å². The first-order chi connectivity index (χ1) is 6.77. The van der Waals surface area contributed by atoms with Crippen LogP contribution in [0.4, 0.5) is 4.39 Å². The van der Waals surface area contributed by atoms with Crippen LogP contribution in [0.15, 0.2) is 24.3 Å². The van der Waals surface area contributed by atoms with Crippen molar-refractivity contribution in [3.05, 3.63) is 35.6 Å². The van der Waals surface area contributed by atoms with Gasteiger partial charge < -0.3 is 11.3 Å². The molecule has 0 aromatic heterocycles. The number of hydrogen-bond donors (Lipinski definition) is 2. The van der Waals surface area contributed by atoms with E-state index in [0.717, 1.165) is 31.2 Å². The van der Waals surface area contributed by atoms with Gasteiger partial charge in [0.1, 0.15) is 5.82 Å². The van der Waals surface area contributed by atoms with Gasteiger partial charge in [0.2, 0.25) is 0 Å². The fourth-order valence-electron chi connectivity index (χ4n) is 2.41. The minimum Gasteiger partial charge on any atom is -0.395 e. The molecule has 4 N–H and O–H groups in total. The van der Waals surface area contributed by atoms with Crippen molar-refractivity contribution >= 4 is 0 Å². The predicted molar refractivity (Wildman–Crippen MR) is 58.7 cm³/mol. The molecule has 0 unspecified atom stereocenters. The maximum Gasteiger partial charge on any atom is 0.123 e. The van der Waals surface area contributed by atoms with E-state index in [1.54, 1.807) is 12.1 Å². The summed E-state index contributed by atoms with van der Waals surface area (Å²) in [5.41, 5.74) is 0.791. The van der Waals surface area contributed by atoms with Crippen LogP contribution in [-0.2, 0) is 5.41 Å². The number of benzene rings is 1. The van der Waals surface area contributed by atoms with Crippen LogP contribution in [0.3, 0.4) is 0 Å². The van der Waals surface area contributed by atoms with Crippen molar-refractivity contribution in [2.75, 3.05) is 6.61 Å². The number of rotatable bonds is 2. The molecule has 0 heterocycles. The summed E-state index contributed by atoms with van der Waals surface area (Å²) in [5.74, 6) is -0.206. The van der Waals surface area contributed by atoms with Crippen LogP contribution in [-0.4, -0.2) is 11.7 Å². The van der Waals surface area contributed by atoms with E-state index >= 15 is 0 Å². The van der Waals surface area contributed by atoms with E-state index in [1.807, 2.05) is 6.07 Å². The second-order valence-corrected chi connectivity index (χ2v) is 4.16. The molecule has 15 heavy (non-hydrogen) atoms. The number of aliphatic hydroxyl groups excluding tert-OH is 1. The quantitative estimate of drug-likeness (QED) is 0.790. The van der Waals surface area contributed by atoms with E-state index in [0.29, 0.717) is 0 Å². The largest absolute Gasteiger partial charge is 0.395 e. The molecule has 1 fully saturated rings. The number of aliphatic hydroxyl groups is 1. The van der Waals surface area contributed by atoms with Crippen molar-refractivity contribution in [3.63, 3.8) is 0 Å². The Hall–Kier alpha value is -0.930. The molecule has 84 valence electrons. The van der Waals surface area contributed by atoms with Gasteiger partial charge in [-0.05, 0) is 30.5 Å². The molecule has 3 heteroatoms. The van der Waals surface area contributed by atoms with E-state index in [-0.39, 0.29) is 24.0 Å². The maximum absolute atomic E-state index is 13.0. The molecule has 0 bridgehead atoms. The van der Waals surface area contributed by atoms with Crippen LogP contribution in [0, 0.1) is 5.82 Å². The third-order valence-corrected chi connectivity index (χ3v) is 3.30. The van der Waals surface area contributed by atoms with E-state index < -0.39 is 0 Å². The van der Waals surface area contributed by atoms with Crippen LogP contribution in [0.25, 0.3) is 0 Å². The number of hydrogen-bond acceptors (Lipinski definition) is 2. The Morgan fingerprint density at radius 2 is 1.93 bits per heavy atom. The molecule has 0 spiro atoms. The van der Waals surface area contributed by atoms with Crippen LogP contribution in [0.5, 0.6) is 0 Å². The Balaban J connectivity index is 0.00000112. The van der Waals surface area contributed by atoms with Crippen molar-refractivity contribution in [2.24, 2.45) is 0 Å². The van der Waals surface area contributed by atoms with Crippen molar-refractivity contribution < 1.29 is 9.50 Å². The standard InChI is InChI=1S/C12H15FO.H3N/c13-11-5-3-4-10(8-11)12(9-14)6-1-2-7-12;/h3-5,8,14H,1-2,6-7,9H2;1H3. The lowest BCUT2D eigenvalue weighted by atomic mass is 9.80. The molecule has 1 aromatic carbocycles. The smallest absolute Gasteiger partial charge is 0.123 e. The number of halogens is 1. The highest BCUT2D eigenvalue weighted by Gasteiger charge is 2.34. The minimum absolute atomic E-state index is 0. The first kappa shape index (κ1) is 12.1. The Kier molecular flexibility index (Phi) is 3.83. The lowest BCUT2D eigenvalue weighted by molar-refractivity contribution is 0.195. The van der Waals surface area contributed by atoms with Gasteiger partial charge in [0, 0.05) is 5.41 Å². The first-order valence-corrected chi connectivity index (χ1v) is 5.14.